The first kappa shape index (κ1) is 32.3. The van der Waals surface area contributed by atoms with Crippen molar-refractivity contribution in [3.63, 3.8) is 0 Å². The van der Waals surface area contributed by atoms with Crippen LogP contribution in [0.25, 0.3) is 0 Å². The summed E-state index contributed by atoms with van der Waals surface area (Å²) in [6, 6.07) is 10.2. The molecule has 0 aliphatic carbocycles. The number of hydrogen-bond donors (Lipinski definition) is 8. The number of aliphatic hydroxyl groups is 4. The number of aliphatic hydroxyl groups excluding tert-OH is 4. The van der Waals surface area contributed by atoms with Crippen molar-refractivity contribution in [3.8, 4) is 0 Å². The van der Waals surface area contributed by atoms with E-state index in [0.717, 1.165) is 6.07 Å². The Morgan fingerprint density at radius 1 is 0.588 bits per heavy atom. The highest BCUT2D eigenvalue weighted by atomic mass is 16.4. The van der Waals surface area contributed by atoms with E-state index >= 15 is 0 Å². The van der Waals surface area contributed by atoms with Gasteiger partial charge < -0.3 is 40.9 Å². The minimum Gasteiger partial charge on any atom is -0.478 e. The first-order valence-electron chi connectivity index (χ1n) is 9.51. The minimum absolute atomic E-state index is 0.0186. The lowest BCUT2D eigenvalue weighted by Crippen LogP contribution is -2.04. The van der Waals surface area contributed by atoms with Gasteiger partial charge in [-0.25, -0.2) is 19.2 Å². The van der Waals surface area contributed by atoms with E-state index in [1.165, 1.54) is 42.5 Å². The van der Waals surface area contributed by atoms with E-state index in [9.17, 15) is 19.2 Å². The molecule has 2 aromatic rings. The molecule has 0 spiro atoms. The third kappa shape index (κ3) is 15.0. The highest BCUT2D eigenvalue weighted by Crippen LogP contribution is 2.05. The van der Waals surface area contributed by atoms with E-state index in [1.54, 1.807) is 6.92 Å². The van der Waals surface area contributed by atoms with Crippen molar-refractivity contribution in [2.24, 2.45) is 5.92 Å². The van der Waals surface area contributed by atoms with Crippen LogP contribution >= 0.6 is 0 Å². The maximum atomic E-state index is 10.4. The average molecular weight is 484 g/mol. The van der Waals surface area contributed by atoms with Crippen LogP contribution in [0, 0.1) is 5.92 Å². The summed E-state index contributed by atoms with van der Waals surface area (Å²) >= 11 is 0. The summed E-state index contributed by atoms with van der Waals surface area (Å²) in [5.74, 6) is -4.33. The van der Waals surface area contributed by atoms with Gasteiger partial charge in [-0.2, -0.15) is 0 Å². The van der Waals surface area contributed by atoms with Gasteiger partial charge in [0.25, 0.3) is 0 Å². The van der Waals surface area contributed by atoms with Crippen LogP contribution in [-0.4, -0.2) is 91.2 Å². The lowest BCUT2D eigenvalue weighted by atomic mass is 10.1. The topological polar surface area (TPSA) is 230 Å². The molecule has 0 fully saturated rings. The molecule has 0 bridgehead atoms. The zero-order valence-corrected chi connectivity index (χ0v) is 18.2. The van der Waals surface area contributed by atoms with Crippen LogP contribution in [0.2, 0.25) is 0 Å². The van der Waals surface area contributed by atoms with Gasteiger partial charge in [-0.1, -0.05) is 13.0 Å². The molecule has 188 valence electrons. The normalized spacial score (nSPS) is 9.24. The lowest BCUT2D eigenvalue weighted by molar-refractivity contribution is 0.0681. The van der Waals surface area contributed by atoms with Gasteiger partial charge in [0.2, 0.25) is 0 Å². The molecule has 8 N–H and O–H groups in total. The van der Waals surface area contributed by atoms with Crippen molar-refractivity contribution >= 4 is 23.9 Å². The molecule has 0 heterocycles. The predicted octanol–water partition coefficient (Wildman–Crippen LogP) is 0.744. The summed E-state index contributed by atoms with van der Waals surface area (Å²) in [5.41, 5.74) is 0.129. The second kappa shape index (κ2) is 18.7. The Kier molecular flexibility index (Phi) is 17.8. The fourth-order valence-corrected chi connectivity index (χ4v) is 1.60. The number of carbonyl (C=O) groups is 4. The molecule has 0 aliphatic rings. The minimum atomic E-state index is -1.13. The highest BCUT2D eigenvalue weighted by Gasteiger charge is 2.07. The molecule has 2 aromatic carbocycles. The molecule has 2 rings (SSSR count). The number of carboxylic acids is 4. The standard InChI is InChI=1S/2C8H6O4.C4H10O2.C2H6O2/c9-7(10)5-1-2-6(4-3-5)8(11)12;9-7(10)5-2-1-3-6(4-5)8(11)12;1-4(2-5)3-6;3-1-2-4/h2*1-4H,(H,9,10)(H,11,12);4-6H,2-3H2,1H3;3-4H,1-2H2. The maximum absolute atomic E-state index is 10.4. The van der Waals surface area contributed by atoms with Gasteiger partial charge in [0.05, 0.1) is 35.5 Å². The molecule has 0 atom stereocenters. The fourth-order valence-electron chi connectivity index (χ4n) is 1.60. The SMILES string of the molecule is CC(CO)CO.O=C(O)c1ccc(C(=O)O)cc1.O=C(O)c1cccc(C(=O)O)c1.OCCO. The summed E-state index contributed by atoms with van der Waals surface area (Å²) in [6.45, 7) is 1.69. The van der Waals surface area contributed by atoms with Crippen molar-refractivity contribution < 1.29 is 60.0 Å². The van der Waals surface area contributed by atoms with Crippen molar-refractivity contribution in [1.82, 2.24) is 0 Å². The zero-order valence-electron chi connectivity index (χ0n) is 18.2. The quantitative estimate of drug-likeness (QED) is 0.272. The Labute approximate surface area is 194 Å². The Morgan fingerprint density at radius 3 is 1.06 bits per heavy atom. The van der Waals surface area contributed by atoms with E-state index in [-0.39, 0.29) is 54.6 Å². The molecule has 12 nitrogen and oxygen atoms in total. The molecule has 34 heavy (non-hydrogen) atoms. The van der Waals surface area contributed by atoms with E-state index < -0.39 is 23.9 Å². The number of rotatable bonds is 7. The zero-order chi connectivity index (χ0) is 26.7. The summed E-state index contributed by atoms with van der Waals surface area (Å²) in [4.78, 5) is 41.4. The second-order valence-corrected chi connectivity index (χ2v) is 6.30. The first-order chi connectivity index (χ1) is 15.9. The fraction of sp³-hybridized carbons (Fsp3) is 0.273. The summed E-state index contributed by atoms with van der Waals surface area (Å²) < 4.78 is 0. The van der Waals surface area contributed by atoms with Crippen molar-refractivity contribution in [3.05, 3.63) is 70.8 Å². The molecule has 0 radical (unpaired) electrons. The molecular weight excluding hydrogens is 456 g/mol. The van der Waals surface area contributed by atoms with Crippen LogP contribution in [0.4, 0.5) is 0 Å². The van der Waals surface area contributed by atoms with Gasteiger partial charge in [-0.15, -0.1) is 0 Å². The second-order valence-electron chi connectivity index (χ2n) is 6.30. The number of carboxylic acid groups (broad SMARTS) is 4. The molecule has 0 saturated carbocycles. The van der Waals surface area contributed by atoms with Gasteiger partial charge >= 0.3 is 23.9 Å². The smallest absolute Gasteiger partial charge is 0.335 e. The number of benzene rings is 2. The van der Waals surface area contributed by atoms with Crippen molar-refractivity contribution in [2.75, 3.05) is 26.4 Å². The van der Waals surface area contributed by atoms with Crippen LogP contribution in [0.15, 0.2) is 48.5 Å². The molecule has 0 aliphatic heterocycles. The third-order valence-electron chi connectivity index (χ3n) is 3.46. The summed E-state index contributed by atoms with van der Waals surface area (Å²) in [6.07, 6.45) is 0. The Bertz CT molecular complexity index is 825. The summed E-state index contributed by atoms with van der Waals surface area (Å²) in [5, 5.41) is 65.5. The van der Waals surface area contributed by atoms with E-state index in [0.29, 0.717) is 0 Å². The lowest BCUT2D eigenvalue weighted by Gasteiger charge is -1.97. The van der Waals surface area contributed by atoms with Gasteiger partial charge in [0, 0.05) is 19.1 Å². The monoisotopic (exact) mass is 484 g/mol. The largest absolute Gasteiger partial charge is 0.478 e. The Hall–Kier alpha value is -3.84. The number of hydrogen-bond acceptors (Lipinski definition) is 8. The molecular formula is C22H28O12. The molecule has 12 heteroatoms. The molecule has 0 amide bonds. The van der Waals surface area contributed by atoms with Gasteiger partial charge in [0.1, 0.15) is 0 Å². The maximum Gasteiger partial charge on any atom is 0.335 e. The van der Waals surface area contributed by atoms with Gasteiger partial charge in [0.15, 0.2) is 0 Å². The summed E-state index contributed by atoms with van der Waals surface area (Å²) in [7, 11) is 0. The van der Waals surface area contributed by atoms with Crippen LogP contribution in [-0.2, 0) is 0 Å². The predicted molar refractivity (Wildman–Crippen MR) is 118 cm³/mol. The van der Waals surface area contributed by atoms with E-state index in [1.807, 2.05) is 0 Å². The third-order valence-corrected chi connectivity index (χ3v) is 3.46. The molecule has 0 unspecified atom stereocenters. The molecule has 0 aromatic heterocycles. The molecule has 0 saturated heterocycles. The number of aromatic carboxylic acids is 4. The first-order valence-corrected chi connectivity index (χ1v) is 9.51. The van der Waals surface area contributed by atoms with Crippen LogP contribution in [0.1, 0.15) is 48.4 Å². The van der Waals surface area contributed by atoms with Crippen LogP contribution in [0.5, 0.6) is 0 Å². The van der Waals surface area contributed by atoms with Crippen molar-refractivity contribution in [2.45, 2.75) is 6.92 Å². The van der Waals surface area contributed by atoms with Crippen LogP contribution in [0.3, 0.4) is 0 Å². The van der Waals surface area contributed by atoms with Crippen LogP contribution < -0.4 is 0 Å². The van der Waals surface area contributed by atoms with E-state index in [4.69, 9.17) is 40.9 Å². The Balaban J connectivity index is 0. The van der Waals surface area contributed by atoms with Crippen molar-refractivity contribution in [1.29, 1.82) is 0 Å². The van der Waals surface area contributed by atoms with Gasteiger partial charge in [-0.05, 0) is 42.5 Å². The van der Waals surface area contributed by atoms with E-state index in [2.05, 4.69) is 0 Å². The highest BCUT2D eigenvalue weighted by molar-refractivity contribution is 5.93. The average Bonchev–Trinajstić information content (AvgIpc) is 2.84. The Morgan fingerprint density at radius 2 is 0.882 bits per heavy atom. The van der Waals surface area contributed by atoms with Gasteiger partial charge in [-0.3, -0.25) is 0 Å².